The van der Waals surface area contributed by atoms with Gasteiger partial charge in [-0.3, -0.25) is 9.59 Å². The van der Waals surface area contributed by atoms with Gasteiger partial charge in [-0.2, -0.15) is 0 Å². The molecule has 2 rings (SSSR count). The van der Waals surface area contributed by atoms with Crippen LogP contribution in [0.5, 0.6) is 0 Å². The van der Waals surface area contributed by atoms with Crippen molar-refractivity contribution in [3.63, 3.8) is 0 Å². The van der Waals surface area contributed by atoms with Gasteiger partial charge >= 0.3 is 5.97 Å². The highest BCUT2D eigenvalue weighted by molar-refractivity contribution is 7.99. The number of anilines is 1. The summed E-state index contributed by atoms with van der Waals surface area (Å²) in [7, 11) is 0. The Kier molecular flexibility index (Phi) is 7.27. The lowest BCUT2D eigenvalue weighted by Gasteiger charge is -2.07. The fourth-order valence-corrected chi connectivity index (χ4v) is 3.51. The van der Waals surface area contributed by atoms with Crippen LogP contribution in [0.1, 0.15) is 29.1 Å². The minimum absolute atomic E-state index is 0.0164. The van der Waals surface area contributed by atoms with Crippen LogP contribution >= 0.6 is 23.1 Å². The predicted octanol–water partition coefficient (Wildman–Crippen LogP) is 3.73. The highest BCUT2D eigenvalue weighted by Crippen LogP contribution is 2.17. The molecule has 0 radical (unpaired) electrons. The van der Waals surface area contributed by atoms with Gasteiger partial charge in [0.15, 0.2) is 0 Å². The van der Waals surface area contributed by atoms with E-state index in [4.69, 9.17) is 5.11 Å². The third-order valence-corrected chi connectivity index (χ3v) is 5.02. The second-order valence-electron chi connectivity index (χ2n) is 5.35. The highest BCUT2D eigenvalue weighted by Gasteiger charge is 2.05. The molecule has 0 aliphatic heterocycles. The first-order chi connectivity index (χ1) is 11.5. The zero-order valence-corrected chi connectivity index (χ0v) is 15.1. The Hall–Kier alpha value is -1.86. The Balaban J connectivity index is 1.75. The lowest BCUT2D eigenvalue weighted by atomic mass is 10.2. The molecule has 2 aromatic rings. The van der Waals surface area contributed by atoms with Gasteiger partial charge in [0, 0.05) is 23.2 Å². The third-order valence-electron chi connectivity index (χ3n) is 3.21. The number of rotatable bonds is 9. The van der Waals surface area contributed by atoms with Crippen molar-refractivity contribution in [2.45, 2.75) is 31.9 Å². The van der Waals surface area contributed by atoms with E-state index >= 15 is 0 Å². The first-order valence-electron chi connectivity index (χ1n) is 7.62. The maximum Gasteiger partial charge on any atom is 0.313 e. The third kappa shape index (κ3) is 6.72. The number of benzene rings is 1. The van der Waals surface area contributed by atoms with Crippen LogP contribution in [-0.2, 0) is 21.8 Å². The number of hydrogen-bond donors (Lipinski definition) is 2. The van der Waals surface area contributed by atoms with E-state index in [1.54, 1.807) is 11.3 Å². The first kappa shape index (κ1) is 18.5. The van der Waals surface area contributed by atoms with Gasteiger partial charge < -0.3 is 10.4 Å². The van der Waals surface area contributed by atoms with Crippen LogP contribution < -0.4 is 5.32 Å². The maximum atomic E-state index is 12.0. The van der Waals surface area contributed by atoms with Crippen LogP contribution in [0, 0.1) is 6.92 Å². The number of carbonyl (C=O) groups excluding carboxylic acids is 1. The largest absolute Gasteiger partial charge is 0.481 e. The first-order valence-corrected chi connectivity index (χ1v) is 9.65. The van der Waals surface area contributed by atoms with Gasteiger partial charge in [-0.15, -0.1) is 23.1 Å². The van der Waals surface area contributed by atoms with E-state index in [-0.39, 0.29) is 11.7 Å². The Bertz CT molecular complexity index is 701. The van der Waals surface area contributed by atoms with E-state index in [0.29, 0.717) is 12.2 Å². The van der Waals surface area contributed by atoms with Gasteiger partial charge in [-0.05, 0) is 37.5 Å². The molecule has 128 valence electrons. The van der Waals surface area contributed by atoms with E-state index in [0.717, 1.165) is 34.8 Å². The molecule has 24 heavy (non-hydrogen) atoms. The lowest BCUT2D eigenvalue weighted by molar-refractivity contribution is -0.133. The quantitative estimate of drug-likeness (QED) is 0.709. The van der Waals surface area contributed by atoms with E-state index in [1.807, 2.05) is 36.6 Å². The molecule has 0 atom stereocenters. The Morgan fingerprint density at radius 3 is 2.92 bits per heavy atom. The molecule has 7 heteroatoms. The zero-order valence-electron chi connectivity index (χ0n) is 13.4. The number of thioether (sulfide) groups is 1. The number of amides is 1. The summed E-state index contributed by atoms with van der Waals surface area (Å²) in [5.41, 5.74) is 2.79. The van der Waals surface area contributed by atoms with Crippen LogP contribution in [0.15, 0.2) is 29.6 Å². The Morgan fingerprint density at radius 2 is 2.21 bits per heavy atom. The molecule has 1 aromatic heterocycles. The number of aryl methyl sites for hydroxylation is 2. The summed E-state index contributed by atoms with van der Waals surface area (Å²) in [5.74, 6) is -0.150. The molecule has 0 spiro atoms. The number of carboxylic acid groups (broad SMARTS) is 1. The number of nitrogens with zero attached hydrogens (tertiary/aromatic N) is 1. The van der Waals surface area contributed by atoms with Crippen molar-refractivity contribution in [1.29, 1.82) is 0 Å². The fraction of sp³-hybridized carbons (Fsp3) is 0.353. The van der Waals surface area contributed by atoms with Gasteiger partial charge in [0.1, 0.15) is 0 Å². The van der Waals surface area contributed by atoms with E-state index < -0.39 is 5.97 Å². The predicted molar refractivity (Wildman–Crippen MR) is 98.7 cm³/mol. The van der Waals surface area contributed by atoms with Crippen molar-refractivity contribution in [3.05, 3.63) is 45.9 Å². The molecule has 0 bridgehead atoms. The summed E-state index contributed by atoms with van der Waals surface area (Å²) in [5, 5.41) is 14.6. The second kappa shape index (κ2) is 9.44. The van der Waals surface area contributed by atoms with Gasteiger partial charge in [0.25, 0.3) is 0 Å². The molecule has 0 fully saturated rings. The Labute approximate surface area is 149 Å². The molecule has 0 aliphatic carbocycles. The van der Waals surface area contributed by atoms with Crippen molar-refractivity contribution in [2.75, 3.05) is 11.1 Å². The Morgan fingerprint density at radius 1 is 1.38 bits per heavy atom. The van der Waals surface area contributed by atoms with E-state index in [1.165, 1.54) is 11.8 Å². The summed E-state index contributed by atoms with van der Waals surface area (Å²) < 4.78 is 0. The summed E-state index contributed by atoms with van der Waals surface area (Å²) in [6.07, 6.45) is 2.03. The molecule has 1 heterocycles. The summed E-state index contributed by atoms with van der Waals surface area (Å²) in [4.78, 5) is 26.9. The SMILES string of the molecule is Cc1nc(CCCC(=O)Nc2cccc(CSCC(=O)O)c2)cs1. The summed E-state index contributed by atoms with van der Waals surface area (Å²) in [6, 6.07) is 7.52. The maximum absolute atomic E-state index is 12.0. The van der Waals surface area contributed by atoms with Gasteiger partial charge in [-0.1, -0.05) is 12.1 Å². The molecule has 0 aliphatic rings. The number of carboxylic acids is 1. The van der Waals surface area contributed by atoms with Crippen LogP contribution in [0.3, 0.4) is 0 Å². The standard InChI is InChI=1S/C17H20N2O3S2/c1-12-18-15(10-24-12)6-3-7-16(20)19-14-5-2-4-13(8-14)9-23-11-17(21)22/h2,4-5,8,10H,3,6-7,9,11H2,1H3,(H,19,20)(H,21,22). The van der Waals surface area contributed by atoms with Crippen molar-refractivity contribution < 1.29 is 14.7 Å². The zero-order chi connectivity index (χ0) is 17.4. The molecule has 1 aromatic carbocycles. The monoisotopic (exact) mass is 364 g/mol. The van der Waals surface area contributed by atoms with Crippen molar-refractivity contribution in [3.8, 4) is 0 Å². The second-order valence-corrected chi connectivity index (χ2v) is 7.39. The summed E-state index contributed by atoms with van der Waals surface area (Å²) >= 11 is 2.96. The number of aliphatic carboxylic acids is 1. The minimum atomic E-state index is -0.820. The molecular formula is C17H20N2O3S2. The van der Waals surface area contributed by atoms with Crippen LogP contribution in [-0.4, -0.2) is 27.7 Å². The van der Waals surface area contributed by atoms with Crippen molar-refractivity contribution in [1.82, 2.24) is 4.98 Å². The van der Waals surface area contributed by atoms with Crippen LogP contribution in [0.4, 0.5) is 5.69 Å². The minimum Gasteiger partial charge on any atom is -0.481 e. The molecule has 0 unspecified atom stereocenters. The average Bonchev–Trinajstić information content (AvgIpc) is 2.93. The number of nitrogens with one attached hydrogen (secondary N) is 1. The van der Waals surface area contributed by atoms with E-state index in [9.17, 15) is 9.59 Å². The molecule has 1 amide bonds. The van der Waals surface area contributed by atoms with Gasteiger partial charge in [0.05, 0.1) is 16.5 Å². The molecule has 2 N–H and O–H groups in total. The van der Waals surface area contributed by atoms with Crippen molar-refractivity contribution >= 4 is 40.7 Å². The number of carbonyl (C=O) groups is 2. The normalized spacial score (nSPS) is 10.5. The van der Waals surface area contributed by atoms with Gasteiger partial charge in [0.2, 0.25) is 5.91 Å². The smallest absolute Gasteiger partial charge is 0.313 e. The van der Waals surface area contributed by atoms with Crippen molar-refractivity contribution in [2.24, 2.45) is 0 Å². The topological polar surface area (TPSA) is 79.3 Å². The van der Waals surface area contributed by atoms with Crippen LogP contribution in [0.25, 0.3) is 0 Å². The lowest BCUT2D eigenvalue weighted by Crippen LogP contribution is -2.11. The van der Waals surface area contributed by atoms with Gasteiger partial charge in [-0.25, -0.2) is 4.98 Å². The molecule has 0 saturated heterocycles. The number of hydrogen-bond acceptors (Lipinski definition) is 5. The fourth-order valence-electron chi connectivity index (χ4n) is 2.17. The van der Waals surface area contributed by atoms with E-state index in [2.05, 4.69) is 10.3 Å². The average molecular weight is 364 g/mol. The molecular weight excluding hydrogens is 344 g/mol. The number of aromatic nitrogens is 1. The summed E-state index contributed by atoms with van der Waals surface area (Å²) in [6.45, 7) is 1.97. The molecule has 5 nitrogen and oxygen atoms in total. The number of thiazole rings is 1. The van der Waals surface area contributed by atoms with Crippen LogP contribution in [0.2, 0.25) is 0 Å². The molecule has 0 saturated carbocycles. The highest BCUT2D eigenvalue weighted by atomic mass is 32.2.